The van der Waals surface area contributed by atoms with Crippen LogP contribution in [0.15, 0.2) is 36.7 Å². The molecule has 3 aromatic rings. The average Bonchev–Trinajstić information content (AvgIpc) is 3.29. The van der Waals surface area contributed by atoms with E-state index in [0.29, 0.717) is 22.9 Å². The molecule has 0 unspecified atom stereocenters. The van der Waals surface area contributed by atoms with Crippen molar-refractivity contribution in [3.05, 3.63) is 53.6 Å². The first kappa shape index (κ1) is 20.3. The molecule has 0 radical (unpaired) electrons. The molecule has 0 aliphatic heterocycles. The second-order valence-electron chi connectivity index (χ2n) is 6.80. The Kier molecular flexibility index (Phi) is 6.08. The van der Waals surface area contributed by atoms with E-state index in [-0.39, 0.29) is 24.8 Å². The highest BCUT2D eigenvalue weighted by Gasteiger charge is 2.19. The Balaban J connectivity index is 1.60. The van der Waals surface area contributed by atoms with Crippen LogP contribution in [0, 0.1) is 13.8 Å². The largest absolute Gasteiger partial charge is 0.497 e. The number of amides is 1. The van der Waals surface area contributed by atoms with Crippen LogP contribution in [0.1, 0.15) is 21.7 Å². The number of likely N-dealkylation sites (N-methyl/N-ethyl adjacent to an activating group) is 1. The van der Waals surface area contributed by atoms with Crippen LogP contribution < -0.4 is 10.1 Å². The summed E-state index contributed by atoms with van der Waals surface area (Å²) in [5.74, 6) is 1.01. The first-order chi connectivity index (χ1) is 13.9. The van der Waals surface area contributed by atoms with Crippen LogP contribution >= 0.6 is 0 Å². The van der Waals surface area contributed by atoms with E-state index >= 15 is 0 Å². The Morgan fingerprint density at radius 3 is 2.55 bits per heavy atom. The number of rotatable bonds is 8. The number of carbonyl (C=O) groups excluding carboxylic acids is 2. The number of H-pyrrole nitrogens is 1. The molecule has 0 saturated carbocycles. The number of carbonyl (C=O) groups is 2. The first-order valence-corrected chi connectivity index (χ1v) is 9.09. The van der Waals surface area contributed by atoms with Crippen LogP contribution in [0.5, 0.6) is 5.75 Å². The fourth-order valence-corrected chi connectivity index (χ4v) is 3.18. The summed E-state index contributed by atoms with van der Waals surface area (Å²) in [6.45, 7) is 3.98. The number of hydrogen-bond acceptors (Lipinski definition) is 6. The van der Waals surface area contributed by atoms with Gasteiger partial charge in [-0.3, -0.25) is 19.1 Å². The maximum Gasteiger partial charge on any atom is 0.238 e. The lowest BCUT2D eigenvalue weighted by Crippen LogP contribution is -2.34. The van der Waals surface area contributed by atoms with Crippen LogP contribution in [-0.4, -0.2) is 63.6 Å². The topological polar surface area (TPSA) is 105 Å². The molecule has 0 atom stereocenters. The number of hydrogen-bond donors (Lipinski definition) is 2. The molecule has 2 N–H and O–H groups in total. The number of Topliss-reactive ketones (excluding diaryl/α,β-unsaturated/α-hetero) is 1. The van der Waals surface area contributed by atoms with Gasteiger partial charge in [-0.05, 0) is 51.2 Å². The lowest BCUT2D eigenvalue weighted by Gasteiger charge is -2.15. The summed E-state index contributed by atoms with van der Waals surface area (Å²) in [7, 11) is 3.32. The third-order valence-electron chi connectivity index (χ3n) is 4.55. The second-order valence-corrected chi connectivity index (χ2v) is 6.80. The Morgan fingerprint density at radius 2 is 1.93 bits per heavy atom. The van der Waals surface area contributed by atoms with Gasteiger partial charge in [0.05, 0.1) is 20.2 Å². The van der Waals surface area contributed by atoms with E-state index in [4.69, 9.17) is 4.74 Å². The van der Waals surface area contributed by atoms with Crippen molar-refractivity contribution >= 4 is 17.4 Å². The molecular formula is C20H24N6O3. The lowest BCUT2D eigenvalue weighted by molar-refractivity contribution is -0.116. The van der Waals surface area contributed by atoms with E-state index in [1.807, 2.05) is 24.5 Å². The molecule has 2 heterocycles. The van der Waals surface area contributed by atoms with Gasteiger partial charge in [0.2, 0.25) is 11.9 Å². The Morgan fingerprint density at radius 1 is 1.21 bits per heavy atom. The number of methoxy groups -OCH3 is 1. The highest BCUT2D eigenvalue weighted by molar-refractivity contribution is 5.99. The standard InChI is InChI=1S/C20H24N6O3/c1-13-9-17(14(2)26(13)20-21-12-22-24-20)18(27)10-25(3)11-19(28)23-15-5-7-16(29-4)8-6-15/h5-9,12H,10-11H2,1-4H3,(H,23,28)(H,21,22,24). The summed E-state index contributed by atoms with van der Waals surface area (Å²) in [6.07, 6.45) is 1.42. The van der Waals surface area contributed by atoms with Crippen LogP contribution in [0.2, 0.25) is 0 Å². The van der Waals surface area contributed by atoms with Crippen molar-refractivity contribution in [2.24, 2.45) is 0 Å². The highest BCUT2D eigenvalue weighted by Crippen LogP contribution is 2.19. The van der Waals surface area contributed by atoms with Crippen LogP contribution in [0.4, 0.5) is 5.69 Å². The van der Waals surface area contributed by atoms with Gasteiger partial charge in [0, 0.05) is 22.6 Å². The quantitative estimate of drug-likeness (QED) is 0.564. The number of aromatic nitrogens is 4. The Bertz CT molecular complexity index is 992. The van der Waals surface area contributed by atoms with Gasteiger partial charge >= 0.3 is 0 Å². The molecule has 0 saturated heterocycles. The molecule has 2 aromatic heterocycles. The number of nitrogens with zero attached hydrogens (tertiary/aromatic N) is 4. The molecular weight excluding hydrogens is 372 g/mol. The predicted molar refractivity (Wildman–Crippen MR) is 109 cm³/mol. The average molecular weight is 396 g/mol. The number of aromatic amines is 1. The van der Waals surface area contributed by atoms with E-state index in [1.165, 1.54) is 6.33 Å². The monoisotopic (exact) mass is 396 g/mol. The van der Waals surface area contributed by atoms with Gasteiger partial charge in [-0.1, -0.05) is 0 Å². The normalized spacial score (nSPS) is 10.9. The van der Waals surface area contributed by atoms with Crippen molar-refractivity contribution < 1.29 is 14.3 Å². The Hall–Kier alpha value is -3.46. The fourth-order valence-electron chi connectivity index (χ4n) is 3.18. The highest BCUT2D eigenvalue weighted by atomic mass is 16.5. The van der Waals surface area contributed by atoms with E-state index in [2.05, 4.69) is 20.5 Å². The maximum atomic E-state index is 12.8. The van der Waals surface area contributed by atoms with Crippen molar-refractivity contribution in [2.75, 3.05) is 32.6 Å². The van der Waals surface area contributed by atoms with Crippen molar-refractivity contribution in [3.8, 4) is 11.7 Å². The molecule has 9 heteroatoms. The molecule has 0 aliphatic rings. The molecule has 9 nitrogen and oxygen atoms in total. The van der Waals surface area contributed by atoms with Crippen molar-refractivity contribution in [2.45, 2.75) is 13.8 Å². The first-order valence-electron chi connectivity index (χ1n) is 9.09. The molecule has 0 aliphatic carbocycles. The van der Waals surface area contributed by atoms with Crippen molar-refractivity contribution in [1.29, 1.82) is 0 Å². The molecule has 152 valence electrons. The molecule has 1 amide bonds. The van der Waals surface area contributed by atoms with Crippen LogP contribution in [0.25, 0.3) is 5.95 Å². The predicted octanol–water partition coefficient (Wildman–Crippen LogP) is 1.97. The summed E-state index contributed by atoms with van der Waals surface area (Å²) in [5.41, 5.74) is 2.93. The van der Waals surface area contributed by atoms with E-state index in [1.54, 1.807) is 43.3 Å². The minimum atomic E-state index is -0.197. The number of benzene rings is 1. The Labute approximate surface area is 168 Å². The zero-order chi connectivity index (χ0) is 21.0. The van der Waals surface area contributed by atoms with E-state index in [9.17, 15) is 9.59 Å². The van der Waals surface area contributed by atoms with Gasteiger partial charge in [-0.2, -0.15) is 10.1 Å². The second kappa shape index (κ2) is 8.70. The summed E-state index contributed by atoms with van der Waals surface area (Å²) < 4.78 is 6.94. The summed E-state index contributed by atoms with van der Waals surface area (Å²) >= 11 is 0. The van der Waals surface area contributed by atoms with Gasteiger partial charge in [0.1, 0.15) is 12.1 Å². The maximum absolute atomic E-state index is 12.8. The number of ether oxygens (including phenoxy) is 1. The van der Waals surface area contributed by atoms with Gasteiger partial charge in [0.25, 0.3) is 0 Å². The molecule has 1 aromatic carbocycles. The van der Waals surface area contributed by atoms with Crippen molar-refractivity contribution in [3.63, 3.8) is 0 Å². The molecule has 29 heavy (non-hydrogen) atoms. The zero-order valence-electron chi connectivity index (χ0n) is 16.9. The summed E-state index contributed by atoms with van der Waals surface area (Å²) in [5, 5.41) is 9.47. The number of ketones is 1. The smallest absolute Gasteiger partial charge is 0.238 e. The molecule has 0 fully saturated rings. The SMILES string of the molecule is COc1ccc(NC(=O)CN(C)CC(=O)c2cc(C)n(-c3ncn[nH]3)c2C)cc1. The third kappa shape index (κ3) is 4.69. The van der Waals surface area contributed by atoms with Crippen LogP contribution in [0.3, 0.4) is 0 Å². The van der Waals surface area contributed by atoms with E-state index < -0.39 is 0 Å². The molecule has 3 rings (SSSR count). The molecule has 0 bridgehead atoms. The summed E-state index contributed by atoms with van der Waals surface area (Å²) in [4.78, 5) is 30.9. The lowest BCUT2D eigenvalue weighted by atomic mass is 10.1. The zero-order valence-corrected chi connectivity index (χ0v) is 16.9. The van der Waals surface area contributed by atoms with E-state index in [0.717, 1.165) is 11.4 Å². The third-order valence-corrected chi connectivity index (χ3v) is 4.55. The van der Waals surface area contributed by atoms with Gasteiger partial charge in [-0.15, -0.1) is 0 Å². The number of aryl methyl sites for hydroxylation is 1. The summed E-state index contributed by atoms with van der Waals surface area (Å²) in [6, 6.07) is 8.90. The fraction of sp³-hybridized carbons (Fsp3) is 0.300. The van der Waals surface area contributed by atoms with Crippen molar-refractivity contribution in [1.82, 2.24) is 24.6 Å². The minimum absolute atomic E-state index is 0.0661. The number of anilines is 1. The number of nitrogens with one attached hydrogen (secondary N) is 2. The van der Waals surface area contributed by atoms with Gasteiger partial charge < -0.3 is 10.1 Å². The molecule has 0 spiro atoms. The van der Waals surface area contributed by atoms with Gasteiger partial charge in [-0.25, -0.2) is 5.10 Å². The van der Waals surface area contributed by atoms with Gasteiger partial charge in [0.15, 0.2) is 5.78 Å². The minimum Gasteiger partial charge on any atom is -0.497 e. The van der Waals surface area contributed by atoms with Crippen LogP contribution in [-0.2, 0) is 4.79 Å².